The molecule has 0 spiro atoms. The van der Waals surface area contributed by atoms with Gasteiger partial charge in [-0.25, -0.2) is 9.79 Å². The number of furan rings is 1. The normalized spacial score (nSPS) is 15.2. The first-order chi connectivity index (χ1) is 18.7. The average Bonchev–Trinajstić information content (AvgIpc) is 3.48. The van der Waals surface area contributed by atoms with E-state index in [0.29, 0.717) is 48.3 Å². The summed E-state index contributed by atoms with van der Waals surface area (Å²) in [5.74, 6) is 0.273. The third-order valence-corrected chi connectivity index (χ3v) is 7.53. The van der Waals surface area contributed by atoms with Crippen molar-refractivity contribution in [2.24, 2.45) is 4.99 Å². The molecule has 0 N–H and O–H groups in total. The molecule has 3 heterocycles. The number of aromatic nitrogens is 1. The fourth-order valence-corrected chi connectivity index (χ4v) is 5.58. The molecule has 0 unspecified atom stereocenters. The van der Waals surface area contributed by atoms with Gasteiger partial charge in [0.05, 0.1) is 33.4 Å². The van der Waals surface area contributed by atoms with E-state index >= 15 is 0 Å². The van der Waals surface area contributed by atoms with E-state index in [0.717, 1.165) is 0 Å². The van der Waals surface area contributed by atoms with Gasteiger partial charge >= 0.3 is 5.97 Å². The van der Waals surface area contributed by atoms with Crippen molar-refractivity contribution in [2.45, 2.75) is 26.8 Å². The quantitative estimate of drug-likeness (QED) is 0.186. The Kier molecular flexibility index (Phi) is 7.07. The second-order valence-corrected chi connectivity index (χ2v) is 10.3. The van der Waals surface area contributed by atoms with Gasteiger partial charge in [-0.3, -0.25) is 19.5 Å². The highest BCUT2D eigenvalue weighted by molar-refractivity contribution is 7.07. The van der Waals surface area contributed by atoms with Gasteiger partial charge in [-0.05, 0) is 50.6 Å². The number of nitro groups is 1. The molecule has 0 amide bonds. The number of rotatable bonds is 6. The highest BCUT2D eigenvalue weighted by Gasteiger charge is 2.33. The Hall–Kier alpha value is -4.28. The van der Waals surface area contributed by atoms with Gasteiger partial charge in [0.15, 0.2) is 4.80 Å². The van der Waals surface area contributed by atoms with Crippen molar-refractivity contribution < 1.29 is 18.9 Å². The van der Waals surface area contributed by atoms with Gasteiger partial charge in [-0.15, -0.1) is 0 Å². The number of nitrogens with zero attached hydrogens (tertiary/aromatic N) is 3. The van der Waals surface area contributed by atoms with Crippen molar-refractivity contribution in [2.75, 3.05) is 6.61 Å². The van der Waals surface area contributed by atoms with Crippen molar-refractivity contribution in [3.05, 3.63) is 118 Å². The number of allylic oxidation sites excluding steroid dienone is 1. The van der Waals surface area contributed by atoms with Crippen molar-refractivity contribution in [3.8, 4) is 11.3 Å². The summed E-state index contributed by atoms with van der Waals surface area (Å²) in [7, 11) is 0. The number of benzene rings is 2. The maximum Gasteiger partial charge on any atom is 0.338 e. The molecule has 1 atom stereocenters. The van der Waals surface area contributed by atoms with Gasteiger partial charge in [0.2, 0.25) is 0 Å². The first-order valence-corrected chi connectivity index (χ1v) is 13.2. The van der Waals surface area contributed by atoms with Gasteiger partial charge in [-0.2, -0.15) is 0 Å². The standard InChI is InChI=1S/C28H22ClN3O6S/c1-4-37-27(34)24-16(3)30-28-31(25(24)17-7-9-19(29)10-8-17)26(33)23(39-28)14-20-11-12-22(38-20)18-6-5-15(2)21(13-18)32(35)36/h5-14,25H,4H2,1-3H3/b23-14+/t25-/m0/s1. The van der Waals surface area contributed by atoms with Crippen LogP contribution in [0.15, 0.2) is 80.1 Å². The van der Waals surface area contributed by atoms with Crippen LogP contribution in [0, 0.1) is 17.0 Å². The summed E-state index contributed by atoms with van der Waals surface area (Å²) in [6.07, 6.45) is 1.60. The number of ether oxygens (including phenoxy) is 1. The maximum atomic E-state index is 13.7. The van der Waals surface area contributed by atoms with E-state index in [2.05, 4.69) is 4.99 Å². The number of aryl methyl sites for hydroxylation is 1. The average molecular weight is 564 g/mol. The van der Waals surface area contributed by atoms with Crippen LogP contribution in [0.1, 0.15) is 36.8 Å². The molecule has 11 heteroatoms. The summed E-state index contributed by atoms with van der Waals surface area (Å²) in [5.41, 5.74) is 2.16. The van der Waals surface area contributed by atoms with Gasteiger partial charge in [0.25, 0.3) is 11.2 Å². The summed E-state index contributed by atoms with van der Waals surface area (Å²) in [5, 5.41) is 11.9. The molecule has 0 bridgehead atoms. The predicted octanol–water partition coefficient (Wildman–Crippen LogP) is 4.93. The monoisotopic (exact) mass is 563 g/mol. The SMILES string of the molecule is CCOC(=O)C1=C(C)N=c2s/c(=C/c3ccc(-c4ccc(C)c([N+](=O)[O-])c4)o3)c(=O)n2[C@H]1c1ccc(Cl)cc1. The molecule has 0 aliphatic carbocycles. The lowest BCUT2D eigenvalue weighted by Gasteiger charge is -2.24. The van der Waals surface area contributed by atoms with Gasteiger partial charge in [0, 0.05) is 28.3 Å². The molecule has 0 fully saturated rings. The molecule has 1 aliphatic rings. The molecule has 0 radical (unpaired) electrons. The molecule has 39 heavy (non-hydrogen) atoms. The minimum absolute atomic E-state index is 0.00580. The Balaban J connectivity index is 1.61. The first-order valence-electron chi connectivity index (χ1n) is 12.0. The van der Waals surface area contributed by atoms with E-state index in [4.69, 9.17) is 20.8 Å². The molecule has 9 nitrogen and oxygen atoms in total. The highest BCUT2D eigenvalue weighted by atomic mass is 35.5. The van der Waals surface area contributed by atoms with Crippen molar-refractivity contribution >= 4 is 40.7 Å². The molecule has 2 aromatic heterocycles. The molecule has 4 aromatic rings. The molecule has 198 valence electrons. The van der Waals surface area contributed by atoms with Crippen LogP contribution >= 0.6 is 22.9 Å². The van der Waals surface area contributed by atoms with E-state index < -0.39 is 16.9 Å². The summed E-state index contributed by atoms with van der Waals surface area (Å²) in [6.45, 7) is 5.28. The number of carbonyl (C=O) groups is 1. The molecule has 2 aromatic carbocycles. The maximum absolute atomic E-state index is 13.7. The summed E-state index contributed by atoms with van der Waals surface area (Å²) < 4.78 is 13.0. The molecular formula is C28H22ClN3O6S. The van der Waals surface area contributed by atoms with Crippen molar-refractivity contribution in [1.29, 1.82) is 0 Å². The number of fused-ring (bicyclic) bond motifs is 1. The lowest BCUT2D eigenvalue weighted by molar-refractivity contribution is -0.385. The third kappa shape index (κ3) is 4.96. The molecule has 1 aliphatic heterocycles. The largest absolute Gasteiger partial charge is 0.463 e. The summed E-state index contributed by atoms with van der Waals surface area (Å²) in [6, 6.07) is 14.4. The van der Waals surface area contributed by atoms with E-state index in [1.807, 2.05) is 0 Å². The Bertz CT molecular complexity index is 1830. The lowest BCUT2D eigenvalue weighted by Crippen LogP contribution is -2.39. The first kappa shape index (κ1) is 26.3. The minimum Gasteiger partial charge on any atom is -0.463 e. The number of nitro benzene ring substituents is 1. The zero-order valence-electron chi connectivity index (χ0n) is 21.1. The second-order valence-electron chi connectivity index (χ2n) is 8.81. The van der Waals surface area contributed by atoms with Crippen LogP contribution in [0.3, 0.4) is 0 Å². The van der Waals surface area contributed by atoms with Crippen LogP contribution in [0.2, 0.25) is 5.02 Å². The number of carbonyl (C=O) groups excluding carboxylic acids is 1. The highest BCUT2D eigenvalue weighted by Crippen LogP contribution is 2.32. The zero-order valence-corrected chi connectivity index (χ0v) is 22.7. The Labute approximate surface area is 231 Å². The van der Waals surface area contributed by atoms with Gasteiger partial charge < -0.3 is 9.15 Å². The number of thiazole rings is 1. The number of halogens is 1. The third-order valence-electron chi connectivity index (χ3n) is 6.29. The minimum atomic E-state index is -0.750. The Morgan fingerprint density at radius 1 is 1.21 bits per heavy atom. The summed E-state index contributed by atoms with van der Waals surface area (Å²) in [4.78, 5) is 42.5. The second kappa shape index (κ2) is 10.5. The zero-order chi connectivity index (χ0) is 27.8. The van der Waals surface area contributed by atoms with Crippen LogP contribution in [-0.4, -0.2) is 22.1 Å². The Morgan fingerprint density at radius 2 is 1.95 bits per heavy atom. The van der Waals surface area contributed by atoms with Gasteiger partial charge in [0.1, 0.15) is 11.5 Å². The Morgan fingerprint density at radius 3 is 2.64 bits per heavy atom. The lowest BCUT2D eigenvalue weighted by atomic mass is 9.96. The molecule has 0 saturated heterocycles. The topological polar surface area (TPSA) is 117 Å². The van der Waals surface area contributed by atoms with E-state index in [1.54, 1.807) is 75.4 Å². The van der Waals surface area contributed by atoms with E-state index in [1.165, 1.54) is 22.0 Å². The number of hydrogen-bond donors (Lipinski definition) is 0. The van der Waals surface area contributed by atoms with E-state index in [-0.39, 0.29) is 23.4 Å². The number of esters is 1. The van der Waals surface area contributed by atoms with Crippen molar-refractivity contribution in [3.63, 3.8) is 0 Å². The smallest absolute Gasteiger partial charge is 0.338 e. The van der Waals surface area contributed by atoms with E-state index in [9.17, 15) is 19.7 Å². The fourth-order valence-electron chi connectivity index (χ4n) is 4.43. The van der Waals surface area contributed by atoms with Crippen LogP contribution in [-0.2, 0) is 9.53 Å². The number of hydrogen-bond acceptors (Lipinski definition) is 8. The predicted molar refractivity (Wildman–Crippen MR) is 147 cm³/mol. The molecule has 5 rings (SSSR count). The van der Waals surface area contributed by atoms with Crippen LogP contribution in [0.5, 0.6) is 0 Å². The summed E-state index contributed by atoms with van der Waals surface area (Å²) >= 11 is 7.26. The van der Waals surface area contributed by atoms with Crippen LogP contribution in [0.4, 0.5) is 5.69 Å². The van der Waals surface area contributed by atoms with Crippen LogP contribution in [0.25, 0.3) is 17.4 Å². The molecular weight excluding hydrogens is 542 g/mol. The fraction of sp³-hybridized carbons (Fsp3) is 0.179. The van der Waals surface area contributed by atoms with Gasteiger partial charge in [-0.1, -0.05) is 47.2 Å². The van der Waals surface area contributed by atoms with Crippen molar-refractivity contribution in [1.82, 2.24) is 4.57 Å². The van der Waals surface area contributed by atoms with Crippen LogP contribution < -0.4 is 14.9 Å². The molecule has 0 saturated carbocycles.